The van der Waals surface area contributed by atoms with E-state index in [1.165, 1.54) is 0 Å². The topological polar surface area (TPSA) is 27.7 Å². The van der Waals surface area contributed by atoms with E-state index < -0.39 is 0 Å². The van der Waals surface area contributed by atoms with Gasteiger partial charge in [-0.3, -0.25) is 0 Å². The molecule has 12 heavy (non-hydrogen) atoms. The molecular weight excluding hydrogens is 156 g/mol. The minimum Gasteiger partial charge on any atom is -0.493 e. The van der Waals surface area contributed by atoms with E-state index in [2.05, 4.69) is 6.07 Å². The maximum Gasteiger partial charge on any atom is 0.188 e. The number of rotatable bonds is 4. The molecule has 3 heteroatoms. The van der Waals surface area contributed by atoms with Crippen LogP contribution in [0.3, 0.4) is 0 Å². The molecule has 3 nitrogen and oxygen atoms in total. The quantitative estimate of drug-likeness (QED) is 0.636. The smallest absolute Gasteiger partial charge is 0.188 e. The molecule has 0 amide bonds. The van der Waals surface area contributed by atoms with Gasteiger partial charge in [0.25, 0.3) is 0 Å². The van der Waals surface area contributed by atoms with Crippen molar-refractivity contribution in [1.82, 2.24) is 0 Å². The standard InChI is InChI=1S/C9H11O3/c1-10-7-12-9-6-4-3-5-8(9)11-2/h3-5H,7H2,1-2H3. The molecule has 1 rings (SSSR count). The monoisotopic (exact) mass is 167 g/mol. The Kier molecular flexibility index (Phi) is 3.41. The molecule has 1 radical (unpaired) electrons. The zero-order valence-corrected chi connectivity index (χ0v) is 7.16. The molecule has 0 aliphatic carbocycles. The Morgan fingerprint density at radius 3 is 2.92 bits per heavy atom. The van der Waals surface area contributed by atoms with Crippen LogP contribution in [0.2, 0.25) is 0 Å². The van der Waals surface area contributed by atoms with Crippen LogP contribution < -0.4 is 9.47 Å². The zero-order valence-electron chi connectivity index (χ0n) is 7.16. The van der Waals surface area contributed by atoms with Gasteiger partial charge >= 0.3 is 0 Å². The Bertz CT molecular complexity index is 235. The van der Waals surface area contributed by atoms with E-state index in [9.17, 15) is 0 Å². The van der Waals surface area contributed by atoms with E-state index in [1.54, 1.807) is 20.3 Å². The largest absolute Gasteiger partial charge is 0.493 e. The average molecular weight is 167 g/mol. The lowest BCUT2D eigenvalue weighted by Gasteiger charge is -2.07. The van der Waals surface area contributed by atoms with Crippen molar-refractivity contribution in [2.75, 3.05) is 21.0 Å². The highest BCUT2D eigenvalue weighted by Crippen LogP contribution is 2.24. The van der Waals surface area contributed by atoms with Crippen molar-refractivity contribution in [3.05, 3.63) is 24.3 Å². The Morgan fingerprint density at radius 1 is 1.42 bits per heavy atom. The van der Waals surface area contributed by atoms with Crippen LogP contribution in [0, 0.1) is 6.07 Å². The Labute approximate surface area is 71.9 Å². The van der Waals surface area contributed by atoms with E-state index in [0.29, 0.717) is 11.5 Å². The van der Waals surface area contributed by atoms with Gasteiger partial charge in [0.2, 0.25) is 0 Å². The van der Waals surface area contributed by atoms with Crippen molar-refractivity contribution in [3.63, 3.8) is 0 Å². The van der Waals surface area contributed by atoms with Crippen LogP contribution in [0.15, 0.2) is 18.2 Å². The molecule has 1 aromatic rings. The highest BCUT2D eigenvalue weighted by molar-refractivity contribution is 5.38. The third-order valence-electron chi connectivity index (χ3n) is 1.32. The second kappa shape index (κ2) is 4.62. The minimum absolute atomic E-state index is 0.205. The summed E-state index contributed by atoms with van der Waals surface area (Å²) in [6.07, 6.45) is 0. The third kappa shape index (κ3) is 2.13. The lowest BCUT2D eigenvalue weighted by atomic mass is 10.3. The predicted octanol–water partition coefficient (Wildman–Crippen LogP) is 1.48. The number of benzene rings is 1. The zero-order chi connectivity index (χ0) is 8.81. The Morgan fingerprint density at radius 2 is 2.25 bits per heavy atom. The second-order valence-corrected chi connectivity index (χ2v) is 2.12. The lowest BCUT2D eigenvalue weighted by Crippen LogP contribution is -2.00. The number of hydrogen-bond donors (Lipinski definition) is 0. The van der Waals surface area contributed by atoms with Gasteiger partial charge in [0.15, 0.2) is 18.3 Å². The number of para-hydroxylation sites is 1. The highest BCUT2D eigenvalue weighted by Gasteiger charge is 2.00. The number of hydrogen-bond acceptors (Lipinski definition) is 3. The van der Waals surface area contributed by atoms with E-state index >= 15 is 0 Å². The van der Waals surface area contributed by atoms with Crippen molar-refractivity contribution >= 4 is 0 Å². The van der Waals surface area contributed by atoms with Gasteiger partial charge in [0, 0.05) is 13.2 Å². The lowest BCUT2D eigenvalue weighted by molar-refractivity contribution is 0.0489. The molecule has 0 aromatic heterocycles. The fourth-order valence-electron chi connectivity index (χ4n) is 0.798. The van der Waals surface area contributed by atoms with Gasteiger partial charge in [-0.25, -0.2) is 0 Å². The average Bonchev–Trinajstić information content (AvgIpc) is 2.15. The summed E-state index contributed by atoms with van der Waals surface area (Å²) in [6, 6.07) is 8.29. The molecule has 0 unspecified atom stereocenters. The number of methoxy groups -OCH3 is 2. The van der Waals surface area contributed by atoms with Crippen molar-refractivity contribution < 1.29 is 14.2 Å². The van der Waals surface area contributed by atoms with E-state index in [0.717, 1.165) is 0 Å². The summed E-state index contributed by atoms with van der Waals surface area (Å²) in [7, 11) is 3.15. The molecule has 0 saturated carbocycles. The van der Waals surface area contributed by atoms with Gasteiger partial charge in [-0.05, 0) is 6.07 Å². The first kappa shape index (κ1) is 8.87. The van der Waals surface area contributed by atoms with Crippen molar-refractivity contribution in [2.45, 2.75) is 0 Å². The molecule has 0 aliphatic heterocycles. The maximum atomic E-state index is 5.17. The van der Waals surface area contributed by atoms with Gasteiger partial charge in [-0.2, -0.15) is 0 Å². The van der Waals surface area contributed by atoms with Gasteiger partial charge in [-0.1, -0.05) is 12.1 Å². The predicted molar refractivity (Wildman–Crippen MR) is 44.3 cm³/mol. The van der Waals surface area contributed by atoms with E-state index in [1.807, 2.05) is 12.1 Å². The molecule has 1 aromatic carbocycles. The SMILES string of the molecule is COCOc1[c]cccc1OC. The van der Waals surface area contributed by atoms with E-state index in [4.69, 9.17) is 14.2 Å². The van der Waals surface area contributed by atoms with Gasteiger partial charge in [-0.15, -0.1) is 0 Å². The van der Waals surface area contributed by atoms with Crippen LogP contribution >= 0.6 is 0 Å². The van der Waals surface area contributed by atoms with Gasteiger partial charge in [0.1, 0.15) is 0 Å². The summed E-state index contributed by atoms with van der Waals surface area (Å²) < 4.78 is 15.0. The van der Waals surface area contributed by atoms with Gasteiger partial charge in [0.05, 0.1) is 7.11 Å². The highest BCUT2D eigenvalue weighted by atomic mass is 16.7. The maximum absolute atomic E-state index is 5.17. The first-order chi connectivity index (χ1) is 5.88. The molecule has 0 fully saturated rings. The van der Waals surface area contributed by atoms with Crippen molar-refractivity contribution in [1.29, 1.82) is 0 Å². The van der Waals surface area contributed by atoms with Gasteiger partial charge < -0.3 is 14.2 Å². The fourth-order valence-corrected chi connectivity index (χ4v) is 0.798. The number of ether oxygens (including phenoxy) is 3. The van der Waals surface area contributed by atoms with E-state index in [-0.39, 0.29) is 6.79 Å². The summed E-state index contributed by atoms with van der Waals surface area (Å²) in [4.78, 5) is 0. The summed E-state index contributed by atoms with van der Waals surface area (Å²) in [5.41, 5.74) is 0. The van der Waals surface area contributed by atoms with Crippen LogP contribution in [0.25, 0.3) is 0 Å². The minimum atomic E-state index is 0.205. The van der Waals surface area contributed by atoms with Crippen molar-refractivity contribution in [2.24, 2.45) is 0 Å². The summed E-state index contributed by atoms with van der Waals surface area (Å²) >= 11 is 0. The molecule has 0 N–H and O–H groups in total. The van der Waals surface area contributed by atoms with Crippen LogP contribution in [-0.2, 0) is 4.74 Å². The van der Waals surface area contributed by atoms with Crippen LogP contribution in [-0.4, -0.2) is 21.0 Å². The van der Waals surface area contributed by atoms with Crippen LogP contribution in [0.4, 0.5) is 0 Å². The molecule has 0 aliphatic rings. The summed E-state index contributed by atoms with van der Waals surface area (Å²) in [6.45, 7) is 0.205. The molecule has 0 atom stereocenters. The summed E-state index contributed by atoms with van der Waals surface area (Å²) in [5.74, 6) is 1.23. The third-order valence-corrected chi connectivity index (χ3v) is 1.32. The van der Waals surface area contributed by atoms with Crippen molar-refractivity contribution in [3.8, 4) is 11.5 Å². The fraction of sp³-hybridized carbons (Fsp3) is 0.333. The Balaban J connectivity index is 2.68. The molecule has 0 spiro atoms. The molecule has 0 bridgehead atoms. The Hall–Kier alpha value is -1.22. The first-order valence-electron chi connectivity index (χ1n) is 3.55. The normalized spacial score (nSPS) is 9.50. The molecule has 65 valence electrons. The van der Waals surface area contributed by atoms with Crippen LogP contribution in [0.1, 0.15) is 0 Å². The molecule has 0 saturated heterocycles. The van der Waals surface area contributed by atoms with Crippen LogP contribution in [0.5, 0.6) is 11.5 Å². The first-order valence-corrected chi connectivity index (χ1v) is 3.55. The second-order valence-electron chi connectivity index (χ2n) is 2.12. The molecule has 0 heterocycles. The summed E-state index contributed by atoms with van der Waals surface area (Å²) in [5, 5.41) is 0. The molecular formula is C9H11O3.